The van der Waals surface area contributed by atoms with Crippen molar-refractivity contribution in [1.29, 1.82) is 0 Å². The predicted molar refractivity (Wildman–Crippen MR) is 104 cm³/mol. The Balaban J connectivity index is 1.64. The molecule has 0 bridgehead atoms. The summed E-state index contributed by atoms with van der Waals surface area (Å²) < 4.78 is 38.9. The number of amides is 1. The van der Waals surface area contributed by atoms with Crippen LogP contribution in [0.2, 0.25) is 0 Å². The number of benzene rings is 1. The minimum atomic E-state index is -3.70. The van der Waals surface area contributed by atoms with E-state index in [2.05, 4.69) is 14.9 Å². The number of aryl methyl sites for hydroxylation is 1. The smallest absolute Gasteiger partial charge is 0.265 e. The normalized spacial score (nSPS) is 17.8. The van der Waals surface area contributed by atoms with Gasteiger partial charge in [-0.3, -0.25) is 9.69 Å². The van der Waals surface area contributed by atoms with Crippen LogP contribution in [0, 0.1) is 6.92 Å². The third-order valence-electron chi connectivity index (χ3n) is 5.17. The number of anilines is 1. The lowest BCUT2D eigenvalue weighted by Gasteiger charge is -2.29. The molecule has 1 aliphatic heterocycles. The maximum Gasteiger partial charge on any atom is 0.265 e. The molecule has 0 spiro atoms. The number of carbonyl (C=O) groups excluding carboxylic acids is 1. The second-order valence-corrected chi connectivity index (χ2v) is 9.29. The number of carbonyl (C=O) groups is 1. The van der Waals surface area contributed by atoms with Crippen LogP contribution < -0.4 is 14.4 Å². The zero-order valence-electron chi connectivity index (χ0n) is 16.6. The lowest BCUT2D eigenvalue weighted by atomic mass is 10.1. The molecule has 1 fully saturated rings. The third kappa shape index (κ3) is 3.99. The lowest BCUT2D eigenvalue weighted by Crippen LogP contribution is -2.39. The summed E-state index contributed by atoms with van der Waals surface area (Å²) in [5, 5.41) is 3.97. The number of nitrogens with zero attached hydrogens (tertiary/aromatic N) is 3. The van der Waals surface area contributed by atoms with Gasteiger partial charge in [0.05, 0.1) is 17.1 Å². The Morgan fingerprint density at radius 1 is 1.34 bits per heavy atom. The number of hydrogen-bond acceptors (Lipinski definition) is 7. The van der Waals surface area contributed by atoms with Crippen molar-refractivity contribution in [3.05, 3.63) is 29.4 Å². The molecule has 1 saturated carbocycles. The van der Waals surface area contributed by atoms with Crippen LogP contribution >= 0.6 is 0 Å². The summed E-state index contributed by atoms with van der Waals surface area (Å²) >= 11 is 0. The topological polar surface area (TPSA) is 115 Å². The molecule has 1 aromatic heterocycles. The SMILES string of the molecule is CC[C@H](C)NS(=O)(=O)c1cc2c(cc1C)N(Cc1noc(C3CC3)n1)C(=O)CO2. The Morgan fingerprint density at radius 2 is 2.10 bits per heavy atom. The first-order valence-electron chi connectivity index (χ1n) is 9.71. The molecule has 1 N–H and O–H groups in total. The molecular weight excluding hydrogens is 396 g/mol. The fourth-order valence-electron chi connectivity index (χ4n) is 3.18. The van der Waals surface area contributed by atoms with Crippen LogP contribution in [-0.2, 0) is 21.4 Å². The highest BCUT2D eigenvalue weighted by molar-refractivity contribution is 7.89. The summed E-state index contributed by atoms with van der Waals surface area (Å²) in [6.45, 7) is 5.38. The number of fused-ring (bicyclic) bond motifs is 1. The van der Waals surface area contributed by atoms with Gasteiger partial charge >= 0.3 is 0 Å². The number of hydrogen-bond donors (Lipinski definition) is 1. The average Bonchev–Trinajstić information content (AvgIpc) is 3.42. The van der Waals surface area contributed by atoms with Gasteiger partial charge in [-0.25, -0.2) is 13.1 Å². The highest BCUT2D eigenvalue weighted by Crippen LogP contribution is 2.40. The van der Waals surface area contributed by atoms with E-state index in [9.17, 15) is 13.2 Å². The average molecular weight is 420 g/mol. The van der Waals surface area contributed by atoms with Gasteiger partial charge in [-0.15, -0.1) is 0 Å². The predicted octanol–water partition coefficient (Wildman–Crippen LogP) is 2.26. The van der Waals surface area contributed by atoms with Crippen LogP contribution in [-0.4, -0.2) is 37.1 Å². The maximum absolute atomic E-state index is 12.7. The molecule has 1 atom stereocenters. The molecule has 0 radical (unpaired) electrons. The molecule has 10 heteroatoms. The second kappa shape index (κ2) is 7.42. The van der Waals surface area contributed by atoms with Crippen LogP contribution in [0.25, 0.3) is 0 Å². The highest BCUT2D eigenvalue weighted by Gasteiger charge is 2.32. The van der Waals surface area contributed by atoms with E-state index in [0.29, 0.717) is 41.1 Å². The van der Waals surface area contributed by atoms with E-state index >= 15 is 0 Å². The Labute approximate surface area is 169 Å². The summed E-state index contributed by atoms with van der Waals surface area (Å²) in [6.07, 6.45) is 2.76. The van der Waals surface area contributed by atoms with E-state index in [0.717, 1.165) is 12.8 Å². The largest absolute Gasteiger partial charge is 0.482 e. The first kappa shape index (κ1) is 19.8. The molecule has 1 aromatic carbocycles. The van der Waals surface area contributed by atoms with Crippen LogP contribution in [0.3, 0.4) is 0 Å². The standard InChI is InChI=1S/C19H24N4O5S/c1-4-12(3)22-29(25,26)16-8-15-14(7-11(16)2)23(18(24)10-27-15)9-17-20-19(28-21-17)13-5-6-13/h7-8,12-13,22H,4-6,9-10H2,1-3H3/t12-/m0/s1. The van der Waals surface area contributed by atoms with Crippen molar-refractivity contribution in [2.24, 2.45) is 0 Å². The van der Waals surface area contributed by atoms with Crippen LogP contribution in [0.5, 0.6) is 5.75 Å². The van der Waals surface area contributed by atoms with E-state index < -0.39 is 10.0 Å². The van der Waals surface area contributed by atoms with Gasteiger partial charge in [0, 0.05) is 18.0 Å². The van der Waals surface area contributed by atoms with Gasteiger partial charge in [0.15, 0.2) is 12.4 Å². The Hall–Kier alpha value is -2.46. The molecule has 1 amide bonds. The summed E-state index contributed by atoms with van der Waals surface area (Å²) in [5.74, 6) is 1.45. The van der Waals surface area contributed by atoms with Crippen molar-refractivity contribution in [2.45, 2.75) is 63.4 Å². The quantitative estimate of drug-likeness (QED) is 0.730. The minimum Gasteiger partial charge on any atom is -0.482 e. The van der Waals surface area contributed by atoms with E-state index in [1.807, 2.05) is 13.8 Å². The zero-order chi connectivity index (χ0) is 20.8. The van der Waals surface area contributed by atoms with Gasteiger partial charge in [0.1, 0.15) is 5.75 Å². The molecule has 2 aromatic rings. The molecule has 0 unspecified atom stereocenters. The first-order valence-corrected chi connectivity index (χ1v) is 11.2. The van der Waals surface area contributed by atoms with Crippen LogP contribution in [0.4, 0.5) is 5.69 Å². The van der Waals surface area contributed by atoms with E-state index in [4.69, 9.17) is 9.26 Å². The highest BCUT2D eigenvalue weighted by atomic mass is 32.2. The maximum atomic E-state index is 12.7. The molecular formula is C19H24N4O5S. The zero-order valence-corrected chi connectivity index (χ0v) is 17.5. The van der Waals surface area contributed by atoms with Gasteiger partial charge in [-0.1, -0.05) is 12.1 Å². The van der Waals surface area contributed by atoms with E-state index in [1.54, 1.807) is 13.0 Å². The summed E-state index contributed by atoms with van der Waals surface area (Å²) in [7, 11) is -3.70. The molecule has 2 heterocycles. The molecule has 29 heavy (non-hydrogen) atoms. The van der Waals surface area contributed by atoms with Gasteiger partial charge in [0.25, 0.3) is 5.91 Å². The van der Waals surface area contributed by atoms with Gasteiger partial charge in [-0.05, 0) is 44.7 Å². The second-order valence-electron chi connectivity index (χ2n) is 7.61. The van der Waals surface area contributed by atoms with E-state index in [1.165, 1.54) is 11.0 Å². The van der Waals surface area contributed by atoms with E-state index in [-0.39, 0.29) is 30.0 Å². The fraction of sp³-hybridized carbons (Fsp3) is 0.526. The Kier molecular flexibility index (Phi) is 5.07. The van der Waals surface area contributed by atoms with Crippen molar-refractivity contribution < 1.29 is 22.5 Å². The van der Waals surface area contributed by atoms with Crippen molar-refractivity contribution in [3.8, 4) is 5.75 Å². The molecule has 2 aliphatic rings. The Bertz CT molecular complexity index is 1040. The first-order chi connectivity index (χ1) is 13.8. The van der Waals surface area contributed by atoms with Crippen LogP contribution in [0.1, 0.15) is 56.3 Å². The summed E-state index contributed by atoms with van der Waals surface area (Å²) in [4.78, 5) is 18.5. The van der Waals surface area contributed by atoms with Gasteiger partial charge in [0.2, 0.25) is 15.9 Å². The fourth-order valence-corrected chi connectivity index (χ4v) is 4.74. The number of ether oxygens (including phenoxy) is 1. The van der Waals surface area contributed by atoms with Gasteiger partial charge in [-0.2, -0.15) is 4.98 Å². The van der Waals surface area contributed by atoms with Crippen molar-refractivity contribution >= 4 is 21.6 Å². The molecule has 0 saturated heterocycles. The number of aromatic nitrogens is 2. The Morgan fingerprint density at radius 3 is 2.79 bits per heavy atom. The number of sulfonamides is 1. The van der Waals surface area contributed by atoms with Gasteiger partial charge < -0.3 is 9.26 Å². The molecule has 156 valence electrons. The summed E-state index contributed by atoms with van der Waals surface area (Å²) in [5.41, 5.74) is 1.02. The molecule has 4 rings (SSSR count). The van der Waals surface area contributed by atoms with Crippen LogP contribution in [0.15, 0.2) is 21.6 Å². The lowest BCUT2D eigenvalue weighted by molar-refractivity contribution is -0.121. The number of nitrogens with one attached hydrogen (secondary N) is 1. The molecule has 1 aliphatic carbocycles. The summed E-state index contributed by atoms with van der Waals surface area (Å²) in [6, 6.07) is 2.94. The van der Waals surface area contributed by atoms with Crippen molar-refractivity contribution in [1.82, 2.24) is 14.9 Å². The van der Waals surface area contributed by atoms with Crippen molar-refractivity contribution in [2.75, 3.05) is 11.5 Å². The monoisotopic (exact) mass is 420 g/mol. The third-order valence-corrected chi connectivity index (χ3v) is 6.90. The molecule has 9 nitrogen and oxygen atoms in total. The number of rotatable bonds is 7. The van der Waals surface area contributed by atoms with Crippen molar-refractivity contribution in [3.63, 3.8) is 0 Å². The minimum absolute atomic E-state index is 0.140.